The second-order valence-electron chi connectivity index (χ2n) is 4.84. The van der Waals surface area contributed by atoms with E-state index in [1.807, 2.05) is 24.3 Å². The SMILES string of the molecule is COc1ccccc1CCNC(=O)C(C)n1ncccc1=O. The first-order valence-corrected chi connectivity index (χ1v) is 7.07. The van der Waals surface area contributed by atoms with Crippen molar-refractivity contribution in [3.05, 3.63) is 58.5 Å². The van der Waals surface area contributed by atoms with E-state index >= 15 is 0 Å². The van der Waals surface area contributed by atoms with E-state index < -0.39 is 6.04 Å². The zero-order valence-electron chi connectivity index (χ0n) is 12.7. The maximum Gasteiger partial charge on any atom is 0.267 e. The lowest BCUT2D eigenvalue weighted by molar-refractivity contribution is -0.124. The van der Waals surface area contributed by atoms with Crippen LogP contribution in [0.5, 0.6) is 5.75 Å². The molecule has 0 spiro atoms. The molecule has 1 aromatic carbocycles. The molecule has 0 bridgehead atoms. The van der Waals surface area contributed by atoms with Gasteiger partial charge in [-0.25, -0.2) is 4.68 Å². The molecule has 0 radical (unpaired) electrons. The summed E-state index contributed by atoms with van der Waals surface area (Å²) in [5.74, 6) is 0.557. The molecule has 0 saturated heterocycles. The number of amides is 1. The lowest BCUT2D eigenvalue weighted by Crippen LogP contribution is -2.37. The average Bonchev–Trinajstić information content (AvgIpc) is 2.55. The van der Waals surface area contributed by atoms with Crippen molar-refractivity contribution in [1.29, 1.82) is 0 Å². The maximum atomic E-state index is 12.1. The van der Waals surface area contributed by atoms with Crippen molar-refractivity contribution in [1.82, 2.24) is 15.1 Å². The molecule has 1 unspecified atom stereocenters. The highest BCUT2D eigenvalue weighted by Crippen LogP contribution is 2.17. The molecule has 0 aliphatic carbocycles. The van der Waals surface area contributed by atoms with Gasteiger partial charge in [0.2, 0.25) is 5.91 Å². The van der Waals surface area contributed by atoms with Crippen molar-refractivity contribution in [3.63, 3.8) is 0 Å². The van der Waals surface area contributed by atoms with Crippen LogP contribution in [0.3, 0.4) is 0 Å². The number of ether oxygens (including phenoxy) is 1. The number of carbonyl (C=O) groups is 1. The average molecular weight is 301 g/mol. The molecular weight excluding hydrogens is 282 g/mol. The van der Waals surface area contributed by atoms with Crippen LogP contribution in [0, 0.1) is 0 Å². The van der Waals surface area contributed by atoms with Gasteiger partial charge in [0.05, 0.1) is 7.11 Å². The van der Waals surface area contributed by atoms with E-state index in [2.05, 4.69) is 10.4 Å². The van der Waals surface area contributed by atoms with E-state index in [1.54, 1.807) is 20.1 Å². The van der Waals surface area contributed by atoms with Crippen LogP contribution in [-0.4, -0.2) is 29.3 Å². The summed E-state index contributed by atoms with van der Waals surface area (Å²) >= 11 is 0. The molecule has 6 nitrogen and oxygen atoms in total. The fourth-order valence-electron chi connectivity index (χ4n) is 2.15. The fraction of sp³-hybridized carbons (Fsp3) is 0.312. The van der Waals surface area contributed by atoms with E-state index in [9.17, 15) is 9.59 Å². The number of aromatic nitrogens is 2. The van der Waals surface area contributed by atoms with Crippen LogP contribution in [0.25, 0.3) is 0 Å². The Bertz CT molecular complexity index is 697. The largest absolute Gasteiger partial charge is 0.496 e. The molecule has 6 heteroatoms. The van der Waals surface area contributed by atoms with Gasteiger partial charge < -0.3 is 10.1 Å². The molecule has 22 heavy (non-hydrogen) atoms. The smallest absolute Gasteiger partial charge is 0.267 e. The molecular formula is C16H19N3O3. The van der Waals surface area contributed by atoms with Crippen LogP contribution >= 0.6 is 0 Å². The van der Waals surface area contributed by atoms with Crippen molar-refractivity contribution in [2.24, 2.45) is 0 Å². The second kappa shape index (κ2) is 7.40. The monoisotopic (exact) mass is 301 g/mol. The first-order valence-electron chi connectivity index (χ1n) is 7.07. The molecule has 116 valence electrons. The maximum absolute atomic E-state index is 12.1. The molecule has 0 saturated carbocycles. The number of rotatable bonds is 6. The number of para-hydroxylation sites is 1. The second-order valence-corrected chi connectivity index (χ2v) is 4.84. The molecule has 1 amide bonds. The highest BCUT2D eigenvalue weighted by Gasteiger charge is 2.16. The summed E-state index contributed by atoms with van der Waals surface area (Å²) < 4.78 is 6.43. The number of nitrogens with zero attached hydrogens (tertiary/aromatic N) is 2. The van der Waals surface area contributed by atoms with Gasteiger partial charge in [-0.15, -0.1) is 0 Å². The Hall–Kier alpha value is -2.63. The van der Waals surface area contributed by atoms with Gasteiger partial charge in [-0.2, -0.15) is 5.10 Å². The third kappa shape index (κ3) is 3.72. The molecule has 1 atom stereocenters. The molecule has 0 fully saturated rings. The van der Waals surface area contributed by atoms with Crippen molar-refractivity contribution in [2.45, 2.75) is 19.4 Å². The van der Waals surface area contributed by atoms with Gasteiger partial charge in [0, 0.05) is 18.8 Å². The molecule has 1 heterocycles. The van der Waals surface area contributed by atoms with Crippen molar-refractivity contribution >= 4 is 5.91 Å². The number of benzene rings is 1. The van der Waals surface area contributed by atoms with Crippen LogP contribution in [0.1, 0.15) is 18.5 Å². The fourth-order valence-corrected chi connectivity index (χ4v) is 2.15. The van der Waals surface area contributed by atoms with Crippen LogP contribution in [0.15, 0.2) is 47.4 Å². The third-order valence-electron chi connectivity index (χ3n) is 3.37. The van der Waals surface area contributed by atoms with E-state index in [4.69, 9.17) is 4.74 Å². The number of carbonyl (C=O) groups excluding carboxylic acids is 1. The van der Waals surface area contributed by atoms with Gasteiger partial charge in [0.1, 0.15) is 11.8 Å². The molecule has 0 aliphatic heterocycles. The summed E-state index contributed by atoms with van der Waals surface area (Å²) in [6.07, 6.45) is 2.14. The molecule has 1 N–H and O–H groups in total. The highest BCUT2D eigenvalue weighted by molar-refractivity contribution is 5.79. The van der Waals surface area contributed by atoms with Gasteiger partial charge >= 0.3 is 0 Å². The Morgan fingerprint density at radius 3 is 2.82 bits per heavy atom. The Kier molecular flexibility index (Phi) is 5.30. The van der Waals surface area contributed by atoms with Crippen LogP contribution in [-0.2, 0) is 11.2 Å². The third-order valence-corrected chi connectivity index (χ3v) is 3.37. The first kappa shape index (κ1) is 15.8. The lowest BCUT2D eigenvalue weighted by atomic mass is 10.1. The molecule has 1 aromatic heterocycles. The zero-order valence-corrected chi connectivity index (χ0v) is 12.7. The van der Waals surface area contributed by atoms with Gasteiger partial charge in [0.25, 0.3) is 5.56 Å². The number of methoxy groups -OCH3 is 1. The summed E-state index contributed by atoms with van der Waals surface area (Å²) in [7, 11) is 1.62. The van der Waals surface area contributed by atoms with Gasteiger partial charge in [-0.1, -0.05) is 18.2 Å². The minimum atomic E-state index is -0.647. The predicted molar refractivity (Wildman–Crippen MR) is 82.9 cm³/mol. The summed E-state index contributed by atoms with van der Waals surface area (Å²) in [6, 6.07) is 9.94. The minimum absolute atomic E-state index is 0.240. The van der Waals surface area contributed by atoms with Gasteiger partial charge in [-0.05, 0) is 31.0 Å². The Morgan fingerprint density at radius 2 is 2.09 bits per heavy atom. The Balaban J connectivity index is 1.93. The van der Waals surface area contributed by atoms with Crippen molar-refractivity contribution < 1.29 is 9.53 Å². The van der Waals surface area contributed by atoms with Crippen LogP contribution in [0.4, 0.5) is 0 Å². The van der Waals surface area contributed by atoms with Crippen molar-refractivity contribution in [2.75, 3.05) is 13.7 Å². The highest BCUT2D eigenvalue weighted by atomic mass is 16.5. The first-order chi connectivity index (χ1) is 10.6. The van der Waals surface area contributed by atoms with Crippen molar-refractivity contribution in [3.8, 4) is 5.75 Å². The Labute approximate surface area is 128 Å². The summed E-state index contributed by atoms with van der Waals surface area (Å²) in [5.41, 5.74) is 0.725. The lowest BCUT2D eigenvalue weighted by Gasteiger charge is -2.14. The number of hydrogen-bond acceptors (Lipinski definition) is 4. The van der Waals surface area contributed by atoms with E-state index in [0.717, 1.165) is 11.3 Å². The quantitative estimate of drug-likeness (QED) is 0.869. The van der Waals surface area contributed by atoms with E-state index in [1.165, 1.54) is 16.9 Å². The van der Waals surface area contributed by atoms with E-state index in [-0.39, 0.29) is 11.5 Å². The Morgan fingerprint density at radius 1 is 1.32 bits per heavy atom. The van der Waals surface area contributed by atoms with Gasteiger partial charge in [0.15, 0.2) is 0 Å². The minimum Gasteiger partial charge on any atom is -0.496 e. The summed E-state index contributed by atoms with van der Waals surface area (Å²) in [5, 5.41) is 6.73. The number of nitrogens with one attached hydrogen (secondary N) is 1. The summed E-state index contributed by atoms with van der Waals surface area (Å²) in [4.78, 5) is 23.7. The molecule has 0 aliphatic rings. The zero-order chi connectivity index (χ0) is 15.9. The van der Waals surface area contributed by atoms with E-state index in [0.29, 0.717) is 13.0 Å². The van der Waals surface area contributed by atoms with Crippen LogP contribution < -0.4 is 15.6 Å². The normalized spacial score (nSPS) is 11.7. The summed E-state index contributed by atoms with van der Waals surface area (Å²) in [6.45, 7) is 2.11. The molecule has 2 aromatic rings. The van der Waals surface area contributed by atoms with Crippen LogP contribution in [0.2, 0.25) is 0 Å². The molecule has 2 rings (SSSR count). The topological polar surface area (TPSA) is 73.2 Å². The van der Waals surface area contributed by atoms with Gasteiger partial charge in [-0.3, -0.25) is 9.59 Å². The number of hydrogen-bond donors (Lipinski definition) is 1. The predicted octanol–water partition coefficient (Wildman–Crippen LogP) is 1.17. The standard InChI is InChI=1S/C16H19N3O3/c1-12(19-15(20)8-5-10-18-19)16(21)17-11-9-13-6-3-4-7-14(13)22-2/h3-8,10,12H,9,11H2,1-2H3,(H,17,21).